The third-order valence-corrected chi connectivity index (χ3v) is 5.56. The van der Waals surface area contributed by atoms with E-state index < -0.39 is 0 Å². The SMILES string of the molecule is CC(C)c1ccccc1-n1c(SCC(=O)Nc2cccnc2)nnc1-c1cccnc1. The smallest absolute Gasteiger partial charge is 0.234 e. The van der Waals surface area contributed by atoms with E-state index in [1.165, 1.54) is 17.3 Å². The molecule has 0 radical (unpaired) electrons. The molecule has 31 heavy (non-hydrogen) atoms. The van der Waals surface area contributed by atoms with Gasteiger partial charge in [0.15, 0.2) is 11.0 Å². The van der Waals surface area contributed by atoms with Crippen molar-refractivity contribution in [3.05, 3.63) is 78.9 Å². The van der Waals surface area contributed by atoms with Crippen molar-refractivity contribution in [2.24, 2.45) is 0 Å². The van der Waals surface area contributed by atoms with Gasteiger partial charge in [0.05, 0.1) is 23.3 Å². The molecule has 0 bridgehead atoms. The molecule has 0 aliphatic rings. The van der Waals surface area contributed by atoms with Gasteiger partial charge in [-0.05, 0) is 41.8 Å². The number of thioether (sulfide) groups is 1. The molecule has 156 valence electrons. The highest BCUT2D eigenvalue weighted by Crippen LogP contribution is 2.31. The molecule has 0 unspecified atom stereocenters. The molecule has 0 aliphatic heterocycles. The van der Waals surface area contributed by atoms with Crippen molar-refractivity contribution < 1.29 is 4.79 Å². The van der Waals surface area contributed by atoms with Crippen molar-refractivity contribution in [2.45, 2.75) is 24.9 Å². The molecular formula is C23H22N6OS. The average Bonchev–Trinajstić information content (AvgIpc) is 3.23. The zero-order valence-electron chi connectivity index (χ0n) is 17.3. The molecule has 7 nitrogen and oxygen atoms in total. The summed E-state index contributed by atoms with van der Waals surface area (Å²) in [4.78, 5) is 20.7. The van der Waals surface area contributed by atoms with Gasteiger partial charge < -0.3 is 5.32 Å². The Morgan fingerprint density at radius 1 is 1.00 bits per heavy atom. The van der Waals surface area contributed by atoms with Gasteiger partial charge in [0.25, 0.3) is 0 Å². The van der Waals surface area contributed by atoms with Crippen LogP contribution in [0.4, 0.5) is 5.69 Å². The van der Waals surface area contributed by atoms with E-state index in [4.69, 9.17) is 0 Å². The van der Waals surface area contributed by atoms with Crippen LogP contribution in [-0.2, 0) is 4.79 Å². The molecule has 4 rings (SSSR count). The zero-order valence-corrected chi connectivity index (χ0v) is 18.1. The molecular weight excluding hydrogens is 408 g/mol. The number of nitrogens with zero attached hydrogens (tertiary/aromatic N) is 5. The summed E-state index contributed by atoms with van der Waals surface area (Å²) in [5, 5.41) is 12.3. The number of nitrogens with one attached hydrogen (secondary N) is 1. The van der Waals surface area contributed by atoms with E-state index in [-0.39, 0.29) is 11.7 Å². The molecule has 0 saturated heterocycles. The summed E-state index contributed by atoms with van der Waals surface area (Å²) in [5.41, 5.74) is 3.70. The lowest BCUT2D eigenvalue weighted by molar-refractivity contribution is -0.113. The number of anilines is 1. The molecule has 1 aromatic carbocycles. The number of carbonyl (C=O) groups excluding carboxylic acids is 1. The third-order valence-electron chi connectivity index (χ3n) is 4.63. The minimum atomic E-state index is -0.132. The van der Waals surface area contributed by atoms with Gasteiger partial charge in [-0.1, -0.05) is 43.8 Å². The van der Waals surface area contributed by atoms with Crippen LogP contribution in [0.2, 0.25) is 0 Å². The summed E-state index contributed by atoms with van der Waals surface area (Å²) < 4.78 is 2.01. The van der Waals surface area contributed by atoms with Crippen LogP contribution in [0.1, 0.15) is 25.3 Å². The number of carbonyl (C=O) groups is 1. The molecule has 0 spiro atoms. The highest BCUT2D eigenvalue weighted by atomic mass is 32.2. The lowest BCUT2D eigenvalue weighted by atomic mass is 10.0. The van der Waals surface area contributed by atoms with Crippen LogP contribution in [-0.4, -0.2) is 36.4 Å². The average molecular weight is 431 g/mol. The third kappa shape index (κ3) is 4.80. The summed E-state index contributed by atoms with van der Waals surface area (Å²) in [6.45, 7) is 4.31. The number of amides is 1. The van der Waals surface area contributed by atoms with Crippen LogP contribution in [0.25, 0.3) is 17.1 Å². The van der Waals surface area contributed by atoms with Gasteiger partial charge in [-0.2, -0.15) is 0 Å². The number of pyridine rings is 2. The lowest BCUT2D eigenvalue weighted by Crippen LogP contribution is -2.14. The first kappa shape index (κ1) is 20.7. The van der Waals surface area contributed by atoms with Crippen molar-refractivity contribution in [1.82, 2.24) is 24.7 Å². The Morgan fingerprint density at radius 3 is 2.48 bits per heavy atom. The maximum atomic E-state index is 12.5. The van der Waals surface area contributed by atoms with Gasteiger partial charge in [0.2, 0.25) is 5.91 Å². The molecule has 1 amide bonds. The Balaban J connectivity index is 1.67. The van der Waals surface area contributed by atoms with Crippen LogP contribution in [0.15, 0.2) is 78.5 Å². The molecule has 1 N–H and O–H groups in total. The molecule has 4 aromatic rings. The summed E-state index contributed by atoms with van der Waals surface area (Å²) in [6, 6.07) is 15.6. The predicted molar refractivity (Wildman–Crippen MR) is 122 cm³/mol. The normalized spacial score (nSPS) is 10.9. The van der Waals surface area contributed by atoms with Gasteiger partial charge in [0.1, 0.15) is 0 Å². The van der Waals surface area contributed by atoms with E-state index in [0.717, 1.165) is 11.3 Å². The Bertz CT molecular complexity index is 1160. The quantitative estimate of drug-likeness (QED) is 0.432. The standard InChI is InChI=1S/C23H22N6OS/c1-16(2)19-9-3-4-10-20(19)29-22(17-7-5-11-24-13-17)27-28-23(29)31-15-21(30)26-18-8-6-12-25-14-18/h3-14,16H,15H2,1-2H3,(H,26,30). The van der Waals surface area contributed by atoms with Gasteiger partial charge in [-0.15, -0.1) is 10.2 Å². The van der Waals surface area contributed by atoms with Crippen LogP contribution < -0.4 is 5.32 Å². The van der Waals surface area contributed by atoms with Gasteiger partial charge in [0, 0.05) is 24.2 Å². The van der Waals surface area contributed by atoms with Crippen LogP contribution >= 0.6 is 11.8 Å². The highest BCUT2D eigenvalue weighted by molar-refractivity contribution is 7.99. The van der Waals surface area contributed by atoms with E-state index >= 15 is 0 Å². The van der Waals surface area contributed by atoms with E-state index in [1.807, 2.05) is 28.8 Å². The number of rotatable bonds is 7. The minimum Gasteiger partial charge on any atom is -0.324 e. The van der Waals surface area contributed by atoms with Crippen molar-refractivity contribution in [1.29, 1.82) is 0 Å². The molecule has 0 saturated carbocycles. The summed E-state index contributed by atoms with van der Waals surface area (Å²) >= 11 is 1.34. The molecule has 3 heterocycles. The van der Waals surface area contributed by atoms with Crippen molar-refractivity contribution in [3.8, 4) is 17.1 Å². The van der Waals surface area contributed by atoms with Gasteiger partial charge in [-0.25, -0.2) is 0 Å². The number of hydrogen-bond acceptors (Lipinski definition) is 6. The fourth-order valence-corrected chi connectivity index (χ4v) is 3.95. The monoisotopic (exact) mass is 430 g/mol. The van der Waals surface area contributed by atoms with Crippen LogP contribution in [0.5, 0.6) is 0 Å². The second-order valence-corrected chi connectivity index (χ2v) is 8.12. The Kier molecular flexibility index (Phi) is 6.37. The first-order valence-corrected chi connectivity index (χ1v) is 10.9. The van der Waals surface area contributed by atoms with Crippen molar-refractivity contribution >= 4 is 23.4 Å². The first-order valence-electron chi connectivity index (χ1n) is 9.91. The Labute approximate surface area is 185 Å². The van der Waals surface area contributed by atoms with E-state index in [2.05, 4.69) is 51.5 Å². The molecule has 0 fully saturated rings. The van der Waals surface area contributed by atoms with Gasteiger partial charge >= 0.3 is 0 Å². The van der Waals surface area contributed by atoms with Crippen molar-refractivity contribution in [3.63, 3.8) is 0 Å². The second kappa shape index (κ2) is 9.53. The van der Waals surface area contributed by atoms with E-state index in [0.29, 0.717) is 22.6 Å². The first-order chi connectivity index (χ1) is 15.1. The topological polar surface area (TPSA) is 85.6 Å². The summed E-state index contributed by atoms with van der Waals surface area (Å²) in [7, 11) is 0. The predicted octanol–water partition coefficient (Wildman–Crippen LogP) is 4.58. The maximum Gasteiger partial charge on any atom is 0.234 e. The molecule has 3 aromatic heterocycles. The van der Waals surface area contributed by atoms with Crippen LogP contribution in [0, 0.1) is 0 Å². The zero-order chi connectivity index (χ0) is 21.6. The Morgan fingerprint density at radius 2 is 1.77 bits per heavy atom. The molecule has 8 heteroatoms. The minimum absolute atomic E-state index is 0.132. The van der Waals surface area contributed by atoms with Crippen LogP contribution in [0.3, 0.4) is 0 Å². The van der Waals surface area contributed by atoms with E-state index in [9.17, 15) is 4.79 Å². The number of para-hydroxylation sites is 1. The largest absolute Gasteiger partial charge is 0.324 e. The number of aromatic nitrogens is 5. The Hall–Kier alpha value is -3.52. The highest BCUT2D eigenvalue weighted by Gasteiger charge is 2.20. The molecule has 0 atom stereocenters. The van der Waals surface area contributed by atoms with E-state index in [1.54, 1.807) is 36.9 Å². The number of hydrogen-bond donors (Lipinski definition) is 1. The second-order valence-electron chi connectivity index (χ2n) is 7.18. The fourth-order valence-electron chi connectivity index (χ4n) is 3.21. The summed E-state index contributed by atoms with van der Waals surface area (Å²) in [6.07, 6.45) is 6.77. The fraction of sp³-hybridized carbons (Fsp3) is 0.174. The number of benzene rings is 1. The lowest BCUT2D eigenvalue weighted by Gasteiger charge is -2.16. The maximum absolute atomic E-state index is 12.5. The summed E-state index contributed by atoms with van der Waals surface area (Å²) in [5.74, 6) is 1.07. The van der Waals surface area contributed by atoms with Crippen molar-refractivity contribution in [2.75, 3.05) is 11.1 Å². The molecule has 0 aliphatic carbocycles. The van der Waals surface area contributed by atoms with Gasteiger partial charge in [-0.3, -0.25) is 19.3 Å².